The fourth-order valence-corrected chi connectivity index (χ4v) is 2.02. The number of hydrogen-bond donors (Lipinski definition) is 0. The monoisotopic (exact) mass is 266 g/mol. The van der Waals surface area contributed by atoms with Crippen LogP contribution in [-0.4, -0.2) is 54.2 Å². The second-order valence-corrected chi connectivity index (χ2v) is 5.99. The molecule has 1 rings (SSSR count). The van der Waals surface area contributed by atoms with Crippen molar-refractivity contribution < 1.29 is 9.53 Å². The van der Waals surface area contributed by atoms with E-state index in [0.29, 0.717) is 0 Å². The maximum absolute atomic E-state index is 11.9. The van der Waals surface area contributed by atoms with E-state index in [2.05, 4.69) is 18.4 Å². The van der Waals surface area contributed by atoms with Gasteiger partial charge < -0.3 is 9.64 Å². The average molecular weight is 266 g/mol. The van der Waals surface area contributed by atoms with Crippen LogP contribution in [0.5, 0.6) is 0 Å². The first-order chi connectivity index (χ1) is 8.81. The van der Waals surface area contributed by atoms with Crippen LogP contribution in [0.15, 0.2) is 24.3 Å². The summed E-state index contributed by atoms with van der Waals surface area (Å²) in [6.07, 6.45) is 3.64. The van der Waals surface area contributed by atoms with Crippen LogP contribution >= 0.6 is 0 Å². The predicted molar refractivity (Wildman–Crippen MR) is 78.2 cm³/mol. The van der Waals surface area contributed by atoms with Gasteiger partial charge in [0, 0.05) is 32.7 Å². The number of carbonyl (C=O) groups excluding carboxylic acids is 1. The van der Waals surface area contributed by atoms with Gasteiger partial charge in [0.05, 0.1) is 0 Å². The Morgan fingerprint density at radius 1 is 1.26 bits per heavy atom. The molecule has 0 bridgehead atoms. The van der Waals surface area contributed by atoms with E-state index in [1.165, 1.54) is 5.57 Å². The van der Waals surface area contributed by atoms with Gasteiger partial charge in [0.1, 0.15) is 5.60 Å². The molecule has 0 radical (unpaired) electrons. The molecule has 0 unspecified atom stereocenters. The van der Waals surface area contributed by atoms with Gasteiger partial charge >= 0.3 is 6.09 Å². The molecule has 1 saturated heterocycles. The van der Waals surface area contributed by atoms with Gasteiger partial charge in [-0.05, 0) is 27.7 Å². The summed E-state index contributed by atoms with van der Waals surface area (Å²) < 4.78 is 5.38. The largest absolute Gasteiger partial charge is 0.444 e. The molecule has 108 valence electrons. The van der Waals surface area contributed by atoms with E-state index in [1.807, 2.05) is 32.9 Å². The van der Waals surface area contributed by atoms with E-state index in [-0.39, 0.29) is 6.09 Å². The van der Waals surface area contributed by atoms with Crippen LogP contribution in [0.25, 0.3) is 0 Å². The van der Waals surface area contributed by atoms with Gasteiger partial charge in [-0.2, -0.15) is 0 Å². The normalized spacial score (nSPS) is 18.3. The molecule has 1 aliphatic heterocycles. The van der Waals surface area contributed by atoms with Crippen LogP contribution in [0.3, 0.4) is 0 Å². The SMILES string of the molecule is C=C/C=C(/C)CN1CCN(C(=O)OC(C)(C)C)CC1. The fourth-order valence-electron chi connectivity index (χ4n) is 2.02. The van der Waals surface area contributed by atoms with Gasteiger partial charge in [0.15, 0.2) is 0 Å². The molecule has 0 aromatic carbocycles. The molecule has 1 heterocycles. The second-order valence-electron chi connectivity index (χ2n) is 5.99. The first kappa shape index (κ1) is 15.8. The van der Waals surface area contributed by atoms with Gasteiger partial charge in [0.25, 0.3) is 0 Å². The Bertz CT molecular complexity index is 348. The Morgan fingerprint density at radius 3 is 2.32 bits per heavy atom. The van der Waals surface area contributed by atoms with Crippen molar-refractivity contribution in [2.75, 3.05) is 32.7 Å². The molecule has 19 heavy (non-hydrogen) atoms. The Kier molecular flexibility index (Phi) is 5.60. The van der Waals surface area contributed by atoms with Crippen molar-refractivity contribution in [2.24, 2.45) is 0 Å². The summed E-state index contributed by atoms with van der Waals surface area (Å²) in [4.78, 5) is 16.0. The summed E-state index contributed by atoms with van der Waals surface area (Å²) in [5.41, 5.74) is 0.873. The zero-order chi connectivity index (χ0) is 14.5. The van der Waals surface area contributed by atoms with E-state index in [0.717, 1.165) is 32.7 Å². The number of piperazine rings is 1. The number of ether oxygens (including phenoxy) is 1. The van der Waals surface area contributed by atoms with Gasteiger partial charge in [-0.1, -0.05) is 24.3 Å². The lowest BCUT2D eigenvalue weighted by atomic mass is 10.2. The molecule has 1 amide bonds. The number of nitrogens with zero attached hydrogens (tertiary/aromatic N) is 2. The van der Waals surface area contributed by atoms with E-state index in [4.69, 9.17) is 4.74 Å². The van der Waals surface area contributed by atoms with Gasteiger partial charge in [-0.3, -0.25) is 4.90 Å². The summed E-state index contributed by atoms with van der Waals surface area (Å²) in [5, 5.41) is 0. The Morgan fingerprint density at radius 2 is 1.84 bits per heavy atom. The van der Waals surface area contributed by atoms with Crippen molar-refractivity contribution in [3.63, 3.8) is 0 Å². The molecule has 0 spiro atoms. The van der Waals surface area contributed by atoms with Crippen molar-refractivity contribution in [2.45, 2.75) is 33.3 Å². The Balaban J connectivity index is 2.38. The zero-order valence-corrected chi connectivity index (χ0v) is 12.6. The molecular formula is C15H26N2O2. The van der Waals surface area contributed by atoms with Gasteiger partial charge in [0.2, 0.25) is 0 Å². The maximum Gasteiger partial charge on any atom is 0.410 e. The lowest BCUT2D eigenvalue weighted by Crippen LogP contribution is -2.50. The predicted octanol–water partition coefficient (Wildman–Crippen LogP) is 2.67. The Labute approximate surface area is 116 Å². The highest BCUT2D eigenvalue weighted by atomic mass is 16.6. The minimum absolute atomic E-state index is 0.203. The summed E-state index contributed by atoms with van der Waals surface area (Å²) >= 11 is 0. The molecule has 0 N–H and O–H groups in total. The third-order valence-corrected chi connectivity index (χ3v) is 2.90. The highest BCUT2D eigenvalue weighted by Gasteiger charge is 2.25. The van der Waals surface area contributed by atoms with Crippen molar-refractivity contribution in [1.29, 1.82) is 0 Å². The van der Waals surface area contributed by atoms with E-state index in [1.54, 1.807) is 4.90 Å². The lowest BCUT2D eigenvalue weighted by Gasteiger charge is -2.35. The third-order valence-electron chi connectivity index (χ3n) is 2.90. The van der Waals surface area contributed by atoms with Crippen LogP contribution in [-0.2, 0) is 4.74 Å². The van der Waals surface area contributed by atoms with E-state index >= 15 is 0 Å². The number of amides is 1. The van der Waals surface area contributed by atoms with Crippen molar-refractivity contribution >= 4 is 6.09 Å². The molecule has 4 nitrogen and oxygen atoms in total. The molecular weight excluding hydrogens is 240 g/mol. The van der Waals surface area contributed by atoms with Gasteiger partial charge in [-0.25, -0.2) is 4.79 Å². The number of hydrogen-bond acceptors (Lipinski definition) is 3. The molecule has 1 aliphatic rings. The molecule has 0 aromatic heterocycles. The summed E-state index contributed by atoms with van der Waals surface area (Å²) in [6, 6.07) is 0. The topological polar surface area (TPSA) is 32.8 Å². The third kappa shape index (κ3) is 5.92. The molecule has 0 atom stereocenters. The molecule has 1 fully saturated rings. The smallest absolute Gasteiger partial charge is 0.410 e. The zero-order valence-electron chi connectivity index (χ0n) is 12.6. The van der Waals surface area contributed by atoms with Crippen LogP contribution in [0, 0.1) is 0 Å². The molecule has 0 aromatic rings. The lowest BCUT2D eigenvalue weighted by molar-refractivity contribution is 0.0152. The first-order valence-corrected chi connectivity index (χ1v) is 6.80. The van der Waals surface area contributed by atoms with E-state index in [9.17, 15) is 4.79 Å². The van der Waals surface area contributed by atoms with Crippen molar-refractivity contribution in [3.05, 3.63) is 24.3 Å². The molecule has 4 heteroatoms. The maximum atomic E-state index is 11.9. The summed E-state index contributed by atoms with van der Waals surface area (Å²) in [6.45, 7) is 15.7. The highest BCUT2D eigenvalue weighted by Crippen LogP contribution is 2.12. The first-order valence-electron chi connectivity index (χ1n) is 6.80. The number of allylic oxidation sites excluding steroid dienone is 2. The van der Waals surface area contributed by atoms with E-state index < -0.39 is 5.60 Å². The van der Waals surface area contributed by atoms with Crippen LogP contribution < -0.4 is 0 Å². The van der Waals surface area contributed by atoms with Crippen molar-refractivity contribution in [3.8, 4) is 0 Å². The van der Waals surface area contributed by atoms with Crippen LogP contribution in [0.1, 0.15) is 27.7 Å². The number of carbonyl (C=O) groups is 1. The molecule has 0 aliphatic carbocycles. The summed E-state index contributed by atoms with van der Waals surface area (Å²) in [7, 11) is 0. The van der Waals surface area contributed by atoms with Gasteiger partial charge in [-0.15, -0.1) is 0 Å². The minimum Gasteiger partial charge on any atom is -0.444 e. The number of rotatable bonds is 3. The molecule has 0 saturated carbocycles. The van der Waals surface area contributed by atoms with Crippen LogP contribution in [0.2, 0.25) is 0 Å². The second kappa shape index (κ2) is 6.75. The standard InChI is InChI=1S/C15H26N2O2/c1-6-7-13(2)12-16-8-10-17(11-9-16)14(18)19-15(3,4)5/h6-7H,1,8-12H2,2-5H3/b13-7-. The minimum atomic E-state index is -0.419. The highest BCUT2D eigenvalue weighted by molar-refractivity contribution is 5.68. The quantitative estimate of drug-likeness (QED) is 0.736. The van der Waals surface area contributed by atoms with Crippen LogP contribution in [0.4, 0.5) is 4.79 Å². The fraction of sp³-hybridized carbons (Fsp3) is 0.667. The summed E-state index contributed by atoms with van der Waals surface area (Å²) in [5.74, 6) is 0. The average Bonchev–Trinajstić information content (AvgIpc) is 2.27. The Hall–Kier alpha value is -1.29. The van der Waals surface area contributed by atoms with Crippen molar-refractivity contribution in [1.82, 2.24) is 9.80 Å².